The molecule has 0 radical (unpaired) electrons. The molecule has 176 valence electrons. The summed E-state index contributed by atoms with van der Waals surface area (Å²) in [5.74, 6) is -0.698. The number of halogens is 1. The molecule has 1 aromatic heterocycles. The maximum atomic E-state index is 13.0. The lowest BCUT2D eigenvalue weighted by molar-refractivity contribution is -0.171. The van der Waals surface area contributed by atoms with Gasteiger partial charge in [0.15, 0.2) is 5.41 Å². The average molecular weight is 516 g/mol. The highest BCUT2D eigenvalue weighted by atomic mass is 79.9. The molecular formula is C26H30BrNO5. The molecule has 0 saturated heterocycles. The molecule has 0 aliphatic heterocycles. The molecule has 0 saturated carbocycles. The first-order valence-electron chi connectivity index (χ1n) is 11.0. The van der Waals surface area contributed by atoms with Crippen molar-refractivity contribution >= 4 is 38.8 Å². The second-order valence-electron chi connectivity index (χ2n) is 8.16. The van der Waals surface area contributed by atoms with Gasteiger partial charge >= 0.3 is 11.9 Å². The third kappa shape index (κ3) is 5.08. The van der Waals surface area contributed by atoms with Crippen molar-refractivity contribution in [3.05, 3.63) is 64.3 Å². The summed E-state index contributed by atoms with van der Waals surface area (Å²) in [5.41, 5.74) is 1.56. The lowest BCUT2D eigenvalue weighted by atomic mass is 9.75. The molecular weight excluding hydrogens is 486 g/mol. The van der Waals surface area contributed by atoms with E-state index in [0.717, 1.165) is 32.3 Å². The number of esters is 2. The Balaban J connectivity index is 2.19. The number of benzene rings is 2. The van der Waals surface area contributed by atoms with E-state index in [4.69, 9.17) is 14.2 Å². The van der Waals surface area contributed by atoms with Crippen LogP contribution in [-0.2, 0) is 26.1 Å². The van der Waals surface area contributed by atoms with Crippen molar-refractivity contribution in [2.75, 3.05) is 20.3 Å². The highest BCUT2D eigenvalue weighted by Crippen LogP contribution is 2.42. The van der Waals surface area contributed by atoms with Gasteiger partial charge in [0.05, 0.1) is 20.3 Å². The first-order valence-corrected chi connectivity index (χ1v) is 11.8. The topological polar surface area (TPSA) is 66.8 Å². The smallest absolute Gasteiger partial charge is 0.323 e. The highest BCUT2D eigenvalue weighted by molar-refractivity contribution is 9.10. The van der Waals surface area contributed by atoms with Gasteiger partial charge in [0.25, 0.3) is 0 Å². The van der Waals surface area contributed by atoms with Gasteiger partial charge in [-0.2, -0.15) is 0 Å². The summed E-state index contributed by atoms with van der Waals surface area (Å²) in [4.78, 5) is 26.1. The van der Waals surface area contributed by atoms with Crippen LogP contribution in [0.4, 0.5) is 0 Å². The van der Waals surface area contributed by atoms with Gasteiger partial charge in [-0.15, -0.1) is 0 Å². The van der Waals surface area contributed by atoms with E-state index < -0.39 is 17.4 Å². The molecule has 7 heteroatoms. The maximum absolute atomic E-state index is 13.0. The third-order valence-corrected chi connectivity index (χ3v) is 6.43. The van der Waals surface area contributed by atoms with E-state index in [2.05, 4.69) is 32.8 Å². The number of hydrogen-bond donors (Lipinski definition) is 0. The van der Waals surface area contributed by atoms with Crippen LogP contribution in [0.25, 0.3) is 10.9 Å². The minimum absolute atomic E-state index is 0.183. The van der Waals surface area contributed by atoms with E-state index in [1.807, 2.05) is 43.4 Å². The first kappa shape index (κ1) is 24.8. The summed E-state index contributed by atoms with van der Waals surface area (Å²) in [7, 11) is 3.61. The fourth-order valence-electron chi connectivity index (χ4n) is 4.16. The zero-order valence-electron chi connectivity index (χ0n) is 19.7. The number of aryl methyl sites for hydroxylation is 1. The Morgan fingerprint density at radius 2 is 1.64 bits per heavy atom. The Morgan fingerprint density at radius 3 is 2.18 bits per heavy atom. The summed E-state index contributed by atoms with van der Waals surface area (Å²) in [5, 5.41) is 1.04. The number of aromatic nitrogens is 1. The number of rotatable bonds is 9. The van der Waals surface area contributed by atoms with Crippen LogP contribution >= 0.6 is 15.9 Å². The largest absolute Gasteiger partial charge is 0.497 e. The monoisotopic (exact) mass is 515 g/mol. The van der Waals surface area contributed by atoms with Crippen molar-refractivity contribution in [1.29, 1.82) is 0 Å². The quantitative estimate of drug-likeness (QED) is 0.274. The Labute approximate surface area is 202 Å². The normalized spacial score (nSPS) is 12.4. The number of fused-ring (bicyclic) bond motifs is 1. The summed E-state index contributed by atoms with van der Waals surface area (Å²) in [6.45, 7) is 5.43. The summed E-state index contributed by atoms with van der Waals surface area (Å²) in [6, 6.07) is 13.8. The molecule has 0 aliphatic rings. The van der Waals surface area contributed by atoms with Gasteiger partial charge < -0.3 is 18.8 Å². The first-order chi connectivity index (χ1) is 15.7. The number of carbonyl (C=O) groups excluding carboxylic acids is 2. The molecule has 0 N–H and O–H groups in total. The van der Waals surface area contributed by atoms with E-state index in [-0.39, 0.29) is 25.6 Å². The van der Waals surface area contributed by atoms with Gasteiger partial charge in [-0.3, -0.25) is 9.59 Å². The molecule has 6 nitrogen and oxygen atoms in total. The van der Waals surface area contributed by atoms with Crippen LogP contribution in [0.15, 0.2) is 53.1 Å². The molecule has 3 aromatic rings. The molecule has 1 unspecified atom stereocenters. The van der Waals surface area contributed by atoms with E-state index in [1.54, 1.807) is 27.9 Å². The Bertz CT molecular complexity index is 1120. The minimum atomic E-state index is -1.47. The van der Waals surface area contributed by atoms with Crippen LogP contribution in [-0.4, -0.2) is 36.8 Å². The summed E-state index contributed by atoms with van der Waals surface area (Å²) < 4.78 is 19.0. The van der Waals surface area contributed by atoms with Gasteiger partial charge in [0, 0.05) is 34.5 Å². The van der Waals surface area contributed by atoms with E-state index in [1.165, 1.54) is 0 Å². The predicted molar refractivity (Wildman–Crippen MR) is 131 cm³/mol. The summed E-state index contributed by atoms with van der Waals surface area (Å²) >= 11 is 3.58. The number of ether oxygens (including phenoxy) is 3. The van der Waals surface area contributed by atoms with Crippen molar-refractivity contribution in [1.82, 2.24) is 4.57 Å². The SMILES string of the molecule is CCOC(=O)C(C)(CC(c1ccc(OC)cc1)c1cn(C)c2ccc(Br)cc12)C(=O)OCC. The predicted octanol–water partition coefficient (Wildman–Crippen LogP) is 5.60. The fourth-order valence-corrected chi connectivity index (χ4v) is 4.52. The van der Waals surface area contributed by atoms with Crippen LogP contribution in [0.2, 0.25) is 0 Å². The molecule has 2 aromatic carbocycles. The van der Waals surface area contributed by atoms with Crippen molar-refractivity contribution in [2.24, 2.45) is 12.5 Å². The molecule has 0 spiro atoms. The van der Waals surface area contributed by atoms with Crippen LogP contribution < -0.4 is 4.74 Å². The van der Waals surface area contributed by atoms with Gasteiger partial charge in [-0.1, -0.05) is 28.1 Å². The van der Waals surface area contributed by atoms with Crippen LogP contribution in [0.5, 0.6) is 5.75 Å². The van der Waals surface area contributed by atoms with Crippen molar-refractivity contribution in [3.8, 4) is 5.75 Å². The van der Waals surface area contributed by atoms with Crippen LogP contribution in [0.3, 0.4) is 0 Å². The van der Waals surface area contributed by atoms with Crippen LogP contribution in [0.1, 0.15) is 44.2 Å². The molecule has 0 aliphatic carbocycles. The Morgan fingerprint density at radius 1 is 1.03 bits per heavy atom. The number of methoxy groups -OCH3 is 1. The minimum Gasteiger partial charge on any atom is -0.497 e. The van der Waals surface area contributed by atoms with E-state index in [0.29, 0.717) is 0 Å². The molecule has 1 heterocycles. The van der Waals surface area contributed by atoms with Gasteiger partial charge in [0.1, 0.15) is 5.75 Å². The lowest BCUT2D eigenvalue weighted by Crippen LogP contribution is -2.41. The highest BCUT2D eigenvalue weighted by Gasteiger charge is 2.46. The number of hydrogen-bond acceptors (Lipinski definition) is 5. The van der Waals surface area contributed by atoms with Gasteiger partial charge in [-0.05, 0) is 68.7 Å². The molecule has 3 rings (SSSR count). The Hall–Kier alpha value is -2.80. The van der Waals surface area contributed by atoms with E-state index >= 15 is 0 Å². The lowest BCUT2D eigenvalue weighted by Gasteiger charge is -2.29. The summed E-state index contributed by atoms with van der Waals surface area (Å²) in [6.07, 6.45) is 2.26. The average Bonchev–Trinajstić information content (AvgIpc) is 3.13. The molecule has 0 bridgehead atoms. The van der Waals surface area contributed by atoms with Crippen molar-refractivity contribution in [3.63, 3.8) is 0 Å². The zero-order valence-corrected chi connectivity index (χ0v) is 21.3. The fraction of sp³-hybridized carbons (Fsp3) is 0.385. The molecule has 1 atom stereocenters. The molecule has 0 fully saturated rings. The molecule has 0 amide bonds. The van der Waals surface area contributed by atoms with E-state index in [9.17, 15) is 9.59 Å². The maximum Gasteiger partial charge on any atom is 0.323 e. The number of carbonyl (C=O) groups is 2. The number of nitrogens with zero attached hydrogens (tertiary/aromatic N) is 1. The van der Waals surface area contributed by atoms with Gasteiger partial charge in [0.2, 0.25) is 0 Å². The second kappa shape index (κ2) is 10.4. The van der Waals surface area contributed by atoms with Crippen molar-refractivity contribution in [2.45, 2.75) is 33.1 Å². The molecule has 33 heavy (non-hydrogen) atoms. The van der Waals surface area contributed by atoms with Crippen molar-refractivity contribution < 1.29 is 23.8 Å². The third-order valence-electron chi connectivity index (χ3n) is 5.94. The van der Waals surface area contributed by atoms with Crippen LogP contribution in [0, 0.1) is 5.41 Å². The second-order valence-corrected chi connectivity index (χ2v) is 9.08. The Kier molecular flexibility index (Phi) is 7.84. The zero-order chi connectivity index (χ0) is 24.2. The standard InChI is InChI=1S/C26H30BrNO5/c1-6-32-24(29)26(3,25(30)33-7-2)15-21(17-8-11-19(31-5)12-9-17)22-16-28(4)23-13-10-18(27)14-20(22)23/h8-14,16,21H,6-7,15H2,1-5H3. The van der Waals surface area contributed by atoms with Gasteiger partial charge in [-0.25, -0.2) is 0 Å².